The van der Waals surface area contributed by atoms with Gasteiger partial charge >= 0.3 is 6.18 Å². The molecule has 0 aliphatic heterocycles. The van der Waals surface area contributed by atoms with E-state index in [4.69, 9.17) is 0 Å². The number of hydrogen-bond donors (Lipinski definition) is 2. The molecule has 0 atom stereocenters. The molecule has 0 unspecified atom stereocenters. The molecule has 1 aromatic heterocycles. The molecule has 138 valence electrons. The van der Waals surface area contributed by atoms with Gasteiger partial charge in [-0.05, 0) is 49.2 Å². The van der Waals surface area contributed by atoms with Crippen molar-refractivity contribution in [2.24, 2.45) is 0 Å². The molecule has 1 fully saturated rings. The van der Waals surface area contributed by atoms with Crippen LogP contribution in [0.15, 0.2) is 42.6 Å². The fraction of sp³-hybridized carbons (Fsp3) is 0.368. The molecular formula is C19H20F3N3O. The quantitative estimate of drug-likeness (QED) is 0.812. The number of halogens is 3. The van der Waals surface area contributed by atoms with Crippen molar-refractivity contribution in [1.29, 1.82) is 0 Å². The highest BCUT2D eigenvalue weighted by Gasteiger charge is 2.29. The van der Waals surface area contributed by atoms with Crippen LogP contribution in [0.5, 0.6) is 0 Å². The third-order valence-corrected chi connectivity index (χ3v) is 4.45. The van der Waals surface area contributed by atoms with Gasteiger partial charge in [-0.25, -0.2) is 4.98 Å². The number of carbonyl (C=O) groups is 1. The molecule has 7 heteroatoms. The van der Waals surface area contributed by atoms with E-state index < -0.39 is 11.7 Å². The lowest BCUT2D eigenvalue weighted by molar-refractivity contribution is -0.137. The van der Waals surface area contributed by atoms with E-state index in [-0.39, 0.29) is 11.9 Å². The zero-order valence-corrected chi connectivity index (χ0v) is 14.1. The number of pyridine rings is 1. The lowest BCUT2D eigenvalue weighted by atomic mass is 9.95. The van der Waals surface area contributed by atoms with Crippen molar-refractivity contribution in [2.45, 2.75) is 44.3 Å². The molecule has 1 saturated carbocycles. The van der Waals surface area contributed by atoms with Gasteiger partial charge in [-0.3, -0.25) is 4.79 Å². The maximum absolute atomic E-state index is 12.6. The number of hydrogen-bond acceptors (Lipinski definition) is 3. The summed E-state index contributed by atoms with van der Waals surface area (Å²) in [5.41, 5.74) is 0.229. The summed E-state index contributed by atoms with van der Waals surface area (Å²) in [7, 11) is 0. The summed E-state index contributed by atoms with van der Waals surface area (Å²) in [6.07, 6.45) is 2.59. The lowest BCUT2D eigenvalue weighted by Crippen LogP contribution is -2.36. The first-order valence-electron chi connectivity index (χ1n) is 8.63. The van der Waals surface area contributed by atoms with Crippen molar-refractivity contribution in [2.75, 3.05) is 5.32 Å². The van der Waals surface area contributed by atoms with Crippen molar-refractivity contribution in [3.05, 3.63) is 53.7 Å². The minimum atomic E-state index is -4.37. The van der Waals surface area contributed by atoms with Crippen molar-refractivity contribution >= 4 is 17.4 Å². The number of carbonyl (C=O) groups excluding carboxylic acids is 1. The smallest absolute Gasteiger partial charge is 0.349 e. The largest absolute Gasteiger partial charge is 0.416 e. The first kappa shape index (κ1) is 18.2. The summed E-state index contributed by atoms with van der Waals surface area (Å²) in [6, 6.07) is 8.09. The predicted octanol–water partition coefficient (Wildman–Crippen LogP) is 4.91. The maximum atomic E-state index is 12.6. The van der Waals surface area contributed by atoms with Crippen LogP contribution in [0.1, 0.15) is 48.0 Å². The minimum absolute atomic E-state index is 0.158. The monoisotopic (exact) mass is 363 g/mol. The van der Waals surface area contributed by atoms with Crippen LogP contribution in [0.2, 0.25) is 0 Å². The molecule has 3 rings (SSSR count). The van der Waals surface area contributed by atoms with E-state index in [1.165, 1.54) is 24.8 Å². The van der Waals surface area contributed by atoms with E-state index in [9.17, 15) is 18.0 Å². The fourth-order valence-electron chi connectivity index (χ4n) is 3.05. The second-order valence-electron chi connectivity index (χ2n) is 6.44. The Morgan fingerprint density at radius 3 is 2.38 bits per heavy atom. The van der Waals surface area contributed by atoms with Crippen LogP contribution >= 0.6 is 0 Å². The Bertz CT molecular complexity index is 753. The third kappa shape index (κ3) is 4.74. The van der Waals surface area contributed by atoms with Gasteiger partial charge in [-0.1, -0.05) is 19.3 Å². The van der Waals surface area contributed by atoms with Crippen molar-refractivity contribution in [3.8, 4) is 0 Å². The van der Waals surface area contributed by atoms with Gasteiger partial charge in [0.2, 0.25) is 0 Å². The molecule has 4 nitrogen and oxygen atoms in total. The van der Waals surface area contributed by atoms with Crippen LogP contribution in [0.25, 0.3) is 0 Å². The molecule has 1 aliphatic carbocycles. The van der Waals surface area contributed by atoms with Gasteiger partial charge in [-0.2, -0.15) is 13.2 Å². The maximum Gasteiger partial charge on any atom is 0.416 e. The van der Waals surface area contributed by atoms with Gasteiger partial charge in [0.15, 0.2) is 0 Å². The SMILES string of the molecule is O=C(NC1CCCCC1)c1ccnc(Nc2ccc(C(F)(F)F)cc2)c1. The molecule has 1 aromatic carbocycles. The van der Waals surface area contributed by atoms with E-state index in [0.29, 0.717) is 17.1 Å². The summed E-state index contributed by atoms with van der Waals surface area (Å²) in [4.78, 5) is 16.5. The number of benzene rings is 1. The molecular weight excluding hydrogens is 343 g/mol. The van der Waals surface area contributed by atoms with Crippen LogP contribution in [0.4, 0.5) is 24.7 Å². The molecule has 1 heterocycles. The van der Waals surface area contributed by atoms with Gasteiger partial charge in [0.1, 0.15) is 5.82 Å². The average Bonchev–Trinajstić information content (AvgIpc) is 2.62. The number of rotatable bonds is 4. The normalized spacial score (nSPS) is 15.5. The summed E-state index contributed by atoms with van der Waals surface area (Å²) >= 11 is 0. The summed E-state index contributed by atoms with van der Waals surface area (Å²) in [5, 5.41) is 5.95. The minimum Gasteiger partial charge on any atom is -0.349 e. The first-order chi connectivity index (χ1) is 12.4. The Balaban J connectivity index is 1.66. The number of alkyl halides is 3. The van der Waals surface area contributed by atoms with Crippen LogP contribution in [-0.4, -0.2) is 16.9 Å². The number of nitrogens with zero attached hydrogens (tertiary/aromatic N) is 1. The molecule has 0 radical (unpaired) electrons. The molecule has 2 aromatic rings. The van der Waals surface area contributed by atoms with Crippen LogP contribution in [0.3, 0.4) is 0 Å². The number of anilines is 2. The van der Waals surface area contributed by atoms with Crippen LogP contribution in [-0.2, 0) is 6.18 Å². The van der Waals surface area contributed by atoms with Crippen molar-refractivity contribution in [3.63, 3.8) is 0 Å². The van der Waals surface area contributed by atoms with Crippen LogP contribution in [0, 0.1) is 0 Å². The Kier molecular flexibility index (Phi) is 5.44. The highest BCUT2D eigenvalue weighted by molar-refractivity contribution is 5.95. The Hall–Kier alpha value is -2.57. The van der Waals surface area contributed by atoms with E-state index in [1.54, 1.807) is 12.1 Å². The Morgan fingerprint density at radius 1 is 1.04 bits per heavy atom. The van der Waals surface area contributed by atoms with E-state index in [2.05, 4.69) is 15.6 Å². The van der Waals surface area contributed by atoms with Crippen molar-refractivity contribution in [1.82, 2.24) is 10.3 Å². The first-order valence-corrected chi connectivity index (χ1v) is 8.63. The topological polar surface area (TPSA) is 54.0 Å². The molecule has 1 aliphatic rings. The second kappa shape index (κ2) is 7.76. The second-order valence-corrected chi connectivity index (χ2v) is 6.44. The summed E-state index contributed by atoms with van der Waals surface area (Å²) in [5.74, 6) is 0.246. The van der Waals surface area contributed by atoms with Crippen molar-refractivity contribution < 1.29 is 18.0 Å². The Morgan fingerprint density at radius 2 is 1.73 bits per heavy atom. The molecule has 2 N–H and O–H groups in total. The fourth-order valence-corrected chi connectivity index (χ4v) is 3.05. The van der Waals surface area contributed by atoms with Gasteiger partial charge < -0.3 is 10.6 Å². The molecule has 0 bridgehead atoms. The van der Waals surface area contributed by atoms with Crippen LogP contribution < -0.4 is 10.6 Å². The molecule has 0 spiro atoms. The molecule has 1 amide bonds. The standard InChI is InChI=1S/C19H20F3N3O/c20-19(21,22)14-6-8-16(9-7-14)24-17-12-13(10-11-23-17)18(26)25-15-4-2-1-3-5-15/h6-12,15H,1-5H2,(H,23,24)(H,25,26). The third-order valence-electron chi connectivity index (χ3n) is 4.45. The number of nitrogens with one attached hydrogen (secondary N) is 2. The number of amides is 1. The Labute approximate surface area is 149 Å². The van der Waals surface area contributed by atoms with Gasteiger partial charge in [0, 0.05) is 23.5 Å². The van der Waals surface area contributed by atoms with Gasteiger partial charge in [0.25, 0.3) is 5.91 Å². The summed E-state index contributed by atoms with van der Waals surface area (Å²) < 4.78 is 37.8. The average molecular weight is 363 g/mol. The van der Waals surface area contributed by atoms with Gasteiger partial charge in [-0.15, -0.1) is 0 Å². The summed E-state index contributed by atoms with van der Waals surface area (Å²) in [6.45, 7) is 0. The predicted molar refractivity (Wildman–Crippen MR) is 93.3 cm³/mol. The number of aromatic nitrogens is 1. The molecule has 0 saturated heterocycles. The molecule has 26 heavy (non-hydrogen) atoms. The van der Waals surface area contributed by atoms with E-state index in [0.717, 1.165) is 37.8 Å². The zero-order chi connectivity index (χ0) is 18.6. The van der Waals surface area contributed by atoms with E-state index in [1.807, 2.05) is 0 Å². The lowest BCUT2D eigenvalue weighted by Gasteiger charge is -2.22. The van der Waals surface area contributed by atoms with E-state index >= 15 is 0 Å². The zero-order valence-electron chi connectivity index (χ0n) is 14.1. The highest BCUT2D eigenvalue weighted by Crippen LogP contribution is 2.30. The van der Waals surface area contributed by atoms with Gasteiger partial charge in [0.05, 0.1) is 5.56 Å². The highest BCUT2D eigenvalue weighted by atomic mass is 19.4.